The van der Waals surface area contributed by atoms with Crippen molar-refractivity contribution in [2.75, 3.05) is 0 Å². The third-order valence-corrected chi connectivity index (χ3v) is 3.90. The molecule has 2 aromatic rings. The lowest BCUT2D eigenvalue weighted by Gasteiger charge is -2.18. The molecule has 0 saturated carbocycles. The predicted octanol–water partition coefficient (Wildman–Crippen LogP) is 5.59. The molecule has 0 saturated heterocycles. The van der Waals surface area contributed by atoms with E-state index < -0.39 is 0 Å². The first-order valence-electron chi connectivity index (χ1n) is 8.41. The highest BCUT2D eigenvalue weighted by molar-refractivity contribution is 5.79. The van der Waals surface area contributed by atoms with Crippen molar-refractivity contribution in [2.24, 2.45) is 5.16 Å². The smallest absolute Gasteiger partial charge is 0.150 e. The van der Waals surface area contributed by atoms with Gasteiger partial charge in [0.1, 0.15) is 6.29 Å². The van der Waals surface area contributed by atoms with Crippen molar-refractivity contribution in [2.45, 2.75) is 52.4 Å². The summed E-state index contributed by atoms with van der Waals surface area (Å²) < 4.78 is 0. The van der Waals surface area contributed by atoms with E-state index >= 15 is 0 Å². The molecule has 0 aliphatic rings. The summed E-state index contributed by atoms with van der Waals surface area (Å²) in [5.74, 6) is 0. The van der Waals surface area contributed by atoms with Crippen LogP contribution in [0, 0.1) is 0 Å². The Morgan fingerprint density at radius 3 is 1.36 bits per heavy atom. The molecule has 0 radical (unpaired) electrons. The summed E-state index contributed by atoms with van der Waals surface area (Å²) in [6, 6.07) is 15.7. The number of nitrogens with zero attached hydrogens (tertiary/aromatic N) is 1. The maximum atomic E-state index is 10.4. The van der Waals surface area contributed by atoms with Crippen LogP contribution in [0.4, 0.5) is 0 Å². The molecule has 0 aromatic heterocycles. The van der Waals surface area contributed by atoms with Gasteiger partial charge in [0.2, 0.25) is 0 Å². The van der Waals surface area contributed by atoms with Crippen LogP contribution in [0.15, 0.2) is 53.7 Å². The average Bonchev–Trinajstić information content (AvgIpc) is 2.55. The van der Waals surface area contributed by atoms with Crippen molar-refractivity contribution in [1.29, 1.82) is 0 Å². The Morgan fingerprint density at radius 2 is 1.08 bits per heavy atom. The molecule has 0 spiro atoms. The highest BCUT2D eigenvalue weighted by atomic mass is 16.4. The van der Waals surface area contributed by atoms with Gasteiger partial charge < -0.3 is 5.21 Å². The van der Waals surface area contributed by atoms with E-state index in [-0.39, 0.29) is 10.8 Å². The van der Waals surface area contributed by atoms with Crippen molar-refractivity contribution in [3.63, 3.8) is 0 Å². The fraction of sp³-hybridized carbons (Fsp3) is 0.364. The van der Waals surface area contributed by atoms with Gasteiger partial charge in [0.25, 0.3) is 0 Å². The van der Waals surface area contributed by atoms with E-state index in [4.69, 9.17) is 5.21 Å². The molecule has 0 atom stereocenters. The molecule has 0 heterocycles. The van der Waals surface area contributed by atoms with Crippen LogP contribution in [-0.2, 0) is 10.8 Å². The molecule has 2 rings (SSSR count). The molecule has 1 N–H and O–H groups in total. The summed E-state index contributed by atoms with van der Waals surface area (Å²) in [4.78, 5) is 10.4. The van der Waals surface area contributed by atoms with Crippen molar-refractivity contribution >= 4 is 12.5 Å². The van der Waals surface area contributed by atoms with Gasteiger partial charge in [-0.05, 0) is 27.5 Å². The Morgan fingerprint density at radius 1 is 0.720 bits per heavy atom. The normalized spacial score (nSPS) is 11.8. The van der Waals surface area contributed by atoms with Crippen molar-refractivity contribution < 1.29 is 10.0 Å². The van der Waals surface area contributed by atoms with Gasteiger partial charge in [-0.25, -0.2) is 0 Å². The minimum absolute atomic E-state index is 0.168. The van der Waals surface area contributed by atoms with E-state index in [1.807, 2.05) is 36.4 Å². The number of carbonyl (C=O) groups excluding carboxylic acids is 1. The Balaban J connectivity index is 0.000000251. The lowest BCUT2D eigenvalue weighted by atomic mass is 9.87. The monoisotopic (exact) mass is 339 g/mol. The minimum Gasteiger partial charge on any atom is -0.411 e. The Labute approximate surface area is 151 Å². The number of oxime groups is 1. The number of benzene rings is 2. The summed E-state index contributed by atoms with van der Waals surface area (Å²) in [6.07, 6.45) is 2.29. The zero-order valence-electron chi connectivity index (χ0n) is 16.1. The first kappa shape index (κ1) is 20.6. The zero-order valence-corrected chi connectivity index (χ0v) is 16.1. The SMILES string of the molecule is CC(C)(C)c1ccc(/C=N/O)cc1.CC(C)(C)c1ccc(C=O)cc1. The Kier molecular flexibility index (Phi) is 7.10. The van der Waals surface area contributed by atoms with E-state index in [1.54, 1.807) is 0 Å². The van der Waals surface area contributed by atoms with E-state index in [2.05, 4.69) is 58.8 Å². The van der Waals surface area contributed by atoms with Crippen LogP contribution in [0.3, 0.4) is 0 Å². The first-order valence-corrected chi connectivity index (χ1v) is 8.41. The average molecular weight is 339 g/mol. The van der Waals surface area contributed by atoms with E-state index in [0.717, 1.165) is 17.4 Å². The van der Waals surface area contributed by atoms with Gasteiger partial charge in [0.15, 0.2) is 0 Å². The molecule has 2 aromatic carbocycles. The van der Waals surface area contributed by atoms with Crippen molar-refractivity contribution in [3.05, 3.63) is 70.8 Å². The molecular weight excluding hydrogens is 310 g/mol. The summed E-state index contributed by atoms with van der Waals surface area (Å²) >= 11 is 0. The fourth-order valence-electron chi connectivity index (χ4n) is 2.20. The van der Waals surface area contributed by atoms with Crippen LogP contribution >= 0.6 is 0 Å². The van der Waals surface area contributed by atoms with Gasteiger partial charge in [-0.1, -0.05) is 95.2 Å². The largest absolute Gasteiger partial charge is 0.411 e. The van der Waals surface area contributed by atoms with Gasteiger partial charge in [0, 0.05) is 5.56 Å². The molecule has 0 bridgehead atoms. The van der Waals surface area contributed by atoms with Gasteiger partial charge in [0.05, 0.1) is 6.21 Å². The molecule has 134 valence electrons. The van der Waals surface area contributed by atoms with Gasteiger partial charge in [-0.15, -0.1) is 0 Å². The number of aldehydes is 1. The molecule has 25 heavy (non-hydrogen) atoms. The van der Waals surface area contributed by atoms with E-state index in [1.165, 1.54) is 17.3 Å². The second-order valence-corrected chi connectivity index (χ2v) is 8.11. The van der Waals surface area contributed by atoms with Crippen LogP contribution in [0.25, 0.3) is 0 Å². The van der Waals surface area contributed by atoms with Crippen LogP contribution < -0.4 is 0 Å². The second-order valence-electron chi connectivity index (χ2n) is 8.11. The predicted molar refractivity (Wildman–Crippen MR) is 105 cm³/mol. The molecule has 3 nitrogen and oxygen atoms in total. The van der Waals surface area contributed by atoms with Crippen LogP contribution in [-0.4, -0.2) is 17.7 Å². The summed E-state index contributed by atoms with van der Waals surface area (Å²) in [7, 11) is 0. The Bertz CT molecular complexity index is 685. The molecule has 0 amide bonds. The summed E-state index contributed by atoms with van der Waals surface area (Å²) in [5, 5.41) is 11.3. The third-order valence-electron chi connectivity index (χ3n) is 3.90. The third kappa shape index (κ3) is 6.92. The van der Waals surface area contributed by atoms with E-state index in [0.29, 0.717) is 0 Å². The van der Waals surface area contributed by atoms with Crippen LogP contribution in [0.5, 0.6) is 0 Å². The molecule has 0 aliphatic carbocycles. The Hall–Kier alpha value is -2.42. The molecule has 0 aliphatic heterocycles. The van der Waals surface area contributed by atoms with Gasteiger partial charge in [-0.2, -0.15) is 0 Å². The maximum Gasteiger partial charge on any atom is 0.150 e. The molecule has 3 heteroatoms. The molecule has 0 unspecified atom stereocenters. The van der Waals surface area contributed by atoms with E-state index in [9.17, 15) is 4.79 Å². The fourth-order valence-corrected chi connectivity index (χ4v) is 2.20. The number of hydrogen-bond donors (Lipinski definition) is 1. The second kappa shape index (κ2) is 8.61. The maximum absolute atomic E-state index is 10.4. The zero-order chi connectivity index (χ0) is 19.1. The molecule has 0 fully saturated rings. The lowest BCUT2D eigenvalue weighted by molar-refractivity contribution is 0.112. The quantitative estimate of drug-likeness (QED) is 0.335. The van der Waals surface area contributed by atoms with Gasteiger partial charge in [-0.3, -0.25) is 4.79 Å². The summed E-state index contributed by atoms with van der Waals surface area (Å²) in [5.41, 5.74) is 4.53. The summed E-state index contributed by atoms with van der Waals surface area (Å²) in [6.45, 7) is 13.0. The number of carbonyl (C=O) groups is 1. The first-order chi connectivity index (χ1) is 11.6. The topological polar surface area (TPSA) is 49.7 Å². The van der Waals surface area contributed by atoms with Crippen LogP contribution in [0.1, 0.15) is 68.6 Å². The van der Waals surface area contributed by atoms with Crippen molar-refractivity contribution in [1.82, 2.24) is 0 Å². The standard InChI is InChI=1S/C11H15NO.C11H14O/c1-11(2,3)10-6-4-9(5-7-10)8-12-13;1-11(2,3)10-6-4-9(8-12)5-7-10/h4-8,13H,1-3H3;4-8H,1-3H3/b12-8+;. The van der Waals surface area contributed by atoms with Gasteiger partial charge >= 0.3 is 0 Å². The highest BCUT2D eigenvalue weighted by Crippen LogP contribution is 2.22. The number of hydrogen-bond acceptors (Lipinski definition) is 3. The lowest BCUT2D eigenvalue weighted by Crippen LogP contribution is -2.10. The number of rotatable bonds is 2. The van der Waals surface area contributed by atoms with Crippen LogP contribution in [0.2, 0.25) is 0 Å². The van der Waals surface area contributed by atoms with Crippen molar-refractivity contribution in [3.8, 4) is 0 Å². The minimum atomic E-state index is 0.168. The molecular formula is C22H29NO2. The highest BCUT2D eigenvalue weighted by Gasteiger charge is 2.13.